The molecule has 0 spiro atoms. The van der Waals surface area contributed by atoms with Crippen LogP contribution in [0.2, 0.25) is 0 Å². The largest absolute Gasteiger partial charge is 0.309 e. The molecule has 0 aliphatic heterocycles. The lowest BCUT2D eigenvalue weighted by atomic mass is 10.2. The predicted molar refractivity (Wildman–Crippen MR) is 103 cm³/mol. The maximum absolute atomic E-state index is 12.6. The molecule has 0 N–H and O–H groups in total. The normalized spacial score (nSPS) is 11.5. The molecule has 7 heteroatoms. The summed E-state index contributed by atoms with van der Waals surface area (Å²) in [6, 6.07) is 12.1. The van der Waals surface area contributed by atoms with Gasteiger partial charge in [0.2, 0.25) is 5.91 Å². The van der Waals surface area contributed by atoms with Gasteiger partial charge in [0.25, 0.3) is 0 Å². The van der Waals surface area contributed by atoms with Gasteiger partial charge in [-0.25, -0.2) is 8.42 Å². The Kier molecular flexibility index (Phi) is 6.61. The SMILES string of the molecule is CC(C)N(C(=O)CSCc1ccccn1)c1ccc(S(C)(=O)=O)cc1. The highest BCUT2D eigenvalue weighted by molar-refractivity contribution is 7.99. The number of pyridine rings is 1. The average molecular weight is 379 g/mol. The van der Waals surface area contributed by atoms with E-state index < -0.39 is 9.84 Å². The van der Waals surface area contributed by atoms with E-state index in [1.165, 1.54) is 30.2 Å². The maximum atomic E-state index is 12.6. The summed E-state index contributed by atoms with van der Waals surface area (Å²) in [7, 11) is -3.25. The Morgan fingerprint density at radius 1 is 1.16 bits per heavy atom. The fraction of sp³-hybridized carbons (Fsp3) is 0.333. The molecule has 25 heavy (non-hydrogen) atoms. The number of thioether (sulfide) groups is 1. The fourth-order valence-corrected chi connectivity index (χ4v) is 3.81. The zero-order valence-electron chi connectivity index (χ0n) is 14.5. The van der Waals surface area contributed by atoms with E-state index in [9.17, 15) is 13.2 Å². The van der Waals surface area contributed by atoms with Gasteiger partial charge in [0.1, 0.15) is 0 Å². The summed E-state index contributed by atoms with van der Waals surface area (Å²) in [4.78, 5) is 18.8. The molecule has 134 valence electrons. The van der Waals surface area contributed by atoms with E-state index in [2.05, 4.69) is 4.98 Å². The summed E-state index contributed by atoms with van der Waals surface area (Å²) < 4.78 is 23.1. The predicted octanol–water partition coefficient (Wildman–Crippen LogP) is 3.16. The number of benzene rings is 1. The lowest BCUT2D eigenvalue weighted by Gasteiger charge is -2.27. The summed E-state index contributed by atoms with van der Waals surface area (Å²) in [6.45, 7) is 3.87. The number of amides is 1. The molecular weight excluding hydrogens is 356 g/mol. The number of hydrogen-bond donors (Lipinski definition) is 0. The van der Waals surface area contributed by atoms with E-state index in [-0.39, 0.29) is 16.8 Å². The van der Waals surface area contributed by atoms with Crippen LogP contribution in [0.15, 0.2) is 53.6 Å². The number of nitrogens with zero attached hydrogens (tertiary/aromatic N) is 2. The Morgan fingerprint density at radius 2 is 1.84 bits per heavy atom. The van der Waals surface area contributed by atoms with Crippen LogP contribution in [0.1, 0.15) is 19.5 Å². The van der Waals surface area contributed by atoms with Crippen LogP contribution in [0.25, 0.3) is 0 Å². The average Bonchev–Trinajstić information content (AvgIpc) is 2.55. The zero-order chi connectivity index (χ0) is 18.4. The number of carbonyl (C=O) groups is 1. The molecule has 0 fully saturated rings. The summed E-state index contributed by atoms with van der Waals surface area (Å²) >= 11 is 1.51. The smallest absolute Gasteiger partial charge is 0.237 e. The van der Waals surface area contributed by atoms with E-state index >= 15 is 0 Å². The molecule has 1 aromatic heterocycles. The lowest BCUT2D eigenvalue weighted by molar-refractivity contribution is -0.116. The molecule has 1 heterocycles. The van der Waals surface area contributed by atoms with Gasteiger partial charge in [0, 0.05) is 29.9 Å². The van der Waals surface area contributed by atoms with Gasteiger partial charge in [-0.2, -0.15) is 0 Å². The van der Waals surface area contributed by atoms with Gasteiger partial charge in [-0.1, -0.05) is 6.07 Å². The van der Waals surface area contributed by atoms with E-state index in [1.54, 1.807) is 23.2 Å². The van der Waals surface area contributed by atoms with Gasteiger partial charge in [0.05, 0.1) is 16.3 Å². The first kappa shape index (κ1) is 19.5. The quantitative estimate of drug-likeness (QED) is 0.740. The highest BCUT2D eigenvalue weighted by Crippen LogP contribution is 2.22. The molecule has 0 bridgehead atoms. The van der Waals surface area contributed by atoms with Crippen LogP contribution in [-0.4, -0.2) is 37.4 Å². The minimum Gasteiger partial charge on any atom is -0.309 e. The third-order valence-corrected chi connectivity index (χ3v) is 5.61. The number of aromatic nitrogens is 1. The van der Waals surface area contributed by atoms with E-state index in [4.69, 9.17) is 0 Å². The molecule has 0 aliphatic rings. The zero-order valence-corrected chi connectivity index (χ0v) is 16.2. The van der Waals surface area contributed by atoms with Crippen molar-refractivity contribution in [2.24, 2.45) is 0 Å². The number of anilines is 1. The Balaban J connectivity index is 2.05. The fourth-order valence-electron chi connectivity index (χ4n) is 2.38. The van der Waals surface area contributed by atoms with E-state index in [0.29, 0.717) is 17.2 Å². The van der Waals surface area contributed by atoms with E-state index in [1.807, 2.05) is 32.0 Å². The van der Waals surface area contributed by atoms with Crippen LogP contribution in [0.5, 0.6) is 0 Å². The van der Waals surface area contributed by atoms with Crippen LogP contribution in [0.3, 0.4) is 0 Å². The van der Waals surface area contributed by atoms with Crippen molar-refractivity contribution in [3.05, 3.63) is 54.4 Å². The van der Waals surface area contributed by atoms with Gasteiger partial charge in [-0.05, 0) is 50.2 Å². The van der Waals surface area contributed by atoms with Crippen molar-refractivity contribution in [2.45, 2.75) is 30.5 Å². The van der Waals surface area contributed by atoms with Crippen LogP contribution < -0.4 is 4.90 Å². The highest BCUT2D eigenvalue weighted by Gasteiger charge is 2.19. The Labute approximate surface area is 153 Å². The van der Waals surface area contributed by atoms with Crippen molar-refractivity contribution < 1.29 is 13.2 Å². The summed E-state index contributed by atoms with van der Waals surface area (Å²) in [5, 5.41) is 0. The van der Waals surface area contributed by atoms with Gasteiger partial charge >= 0.3 is 0 Å². The Bertz CT molecular complexity index is 804. The number of sulfone groups is 1. The standard InChI is InChI=1S/C18H22N2O3S2/c1-14(2)20(16-7-9-17(10-8-16)25(3,22)23)18(21)13-24-12-15-6-4-5-11-19-15/h4-11,14H,12-13H2,1-3H3. The minimum atomic E-state index is -3.25. The third-order valence-electron chi connectivity index (χ3n) is 3.53. The molecule has 0 radical (unpaired) electrons. The molecule has 0 unspecified atom stereocenters. The van der Waals surface area contributed by atoms with E-state index in [0.717, 1.165) is 5.69 Å². The van der Waals surface area contributed by atoms with Crippen LogP contribution in [0.4, 0.5) is 5.69 Å². The summed E-state index contributed by atoms with van der Waals surface area (Å²) in [5.74, 6) is 0.997. The van der Waals surface area contributed by atoms with Gasteiger partial charge in [-0.15, -0.1) is 11.8 Å². The van der Waals surface area contributed by atoms with Crippen molar-refractivity contribution in [3.63, 3.8) is 0 Å². The monoisotopic (exact) mass is 378 g/mol. The molecule has 1 amide bonds. The molecule has 0 atom stereocenters. The van der Waals surface area contributed by atoms with Crippen molar-refractivity contribution >= 4 is 33.2 Å². The van der Waals surface area contributed by atoms with Gasteiger partial charge in [-0.3, -0.25) is 9.78 Å². The number of carbonyl (C=O) groups excluding carboxylic acids is 1. The van der Waals surface area contributed by atoms with Crippen molar-refractivity contribution in [1.29, 1.82) is 0 Å². The first-order valence-corrected chi connectivity index (χ1v) is 10.9. The molecule has 2 rings (SSSR count). The molecule has 2 aromatic rings. The van der Waals surface area contributed by atoms with Crippen molar-refractivity contribution in [1.82, 2.24) is 4.98 Å². The first-order chi connectivity index (χ1) is 11.8. The second kappa shape index (κ2) is 8.49. The van der Waals surface area contributed by atoms with Crippen LogP contribution in [0, 0.1) is 0 Å². The topological polar surface area (TPSA) is 67.3 Å². The molecule has 5 nitrogen and oxygen atoms in total. The van der Waals surface area contributed by atoms with Crippen molar-refractivity contribution in [2.75, 3.05) is 16.9 Å². The molecular formula is C18H22N2O3S2. The highest BCUT2D eigenvalue weighted by atomic mass is 32.2. The van der Waals surface area contributed by atoms with Gasteiger partial charge in [0.15, 0.2) is 9.84 Å². The number of rotatable bonds is 7. The minimum absolute atomic E-state index is 0.0111. The van der Waals surface area contributed by atoms with Crippen molar-refractivity contribution in [3.8, 4) is 0 Å². The van der Waals surface area contributed by atoms with Crippen LogP contribution in [-0.2, 0) is 20.4 Å². The third kappa shape index (κ3) is 5.57. The van der Waals surface area contributed by atoms with Gasteiger partial charge < -0.3 is 4.90 Å². The molecule has 0 saturated heterocycles. The molecule has 1 aromatic carbocycles. The summed E-state index contributed by atoms with van der Waals surface area (Å²) in [6.07, 6.45) is 2.91. The Morgan fingerprint density at radius 3 is 2.36 bits per heavy atom. The number of hydrogen-bond acceptors (Lipinski definition) is 5. The Hall–Kier alpha value is -1.86. The molecule has 0 aliphatic carbocycles. The second-order valence-corrected chi connectivity index (χ2v) is 8.94. The summed E-state index contributed by atoms with van der Waals surface area (Å²) in [5.41, 5.74) is 1.64. The first-order valence-electron chi connectivity index (χ1n) is 7.89. The maximum Gasteiger partial charge on any atom is 0.237 e. The lowest BCUT2D eigenvalue weighted by Crippen LogP contribution is -2.38. The van der Waals surface area contributed by atoms with Crippen LogP contribution >= 0.6 is 11.8 Å². The molecule has 0 saturated carbocycles. The second-order valence-electron chi connectivity index (χ2n) is 5.94.